The predicted molar refractivity (Wildman–Crippen MR) is 71.0 cm³/mol. The average molecular weight is 283 g/mol. The van der Waals surface area contributed by atoms with Gasteiger partial charge in [-0.3, -0.25) is 9.69 Å². The molecule has 110 valence electrons. The summed E-state index contributed by atoms with van der Waals surface area (Å²) in [5, 5.41) is 0. The number of carbonyl (C=O) groups is 1. The average Bonchev–Trinajstić information content (AvgIpc) is 2.44. The molecule has 1 heterocycles. The molecule has 1 fully saturated rings. The Labute approximate surface area is 117 Å². The molecular weight excluding hydrogens is 264 g/mol. The van der Waals surface area contributed by atoms with Crippen LogP contribution in [0.15, 0.2) is 18.2 Å². The molecule has 0 amide bonds. The lowest BCUT2D eigenvalue weighted by atomic mass is 9.97. The number of rotatable bonds is 4. The Morgan fingerprint density at radius 1 is 1.45 bits per heavy atom. The van der Waals surface area contributed by atoms with Crippen molar-refractivity contribution < 1.29 is 18.3 Å². The van der Waals surface area contributed by atoms with Gasteiger partial charge in [-0.2, -0.15) is 0 Å². The van der Waals surface area contributed by atoms with E-state index in [2.05, 4.69) is 0 Å². The minimum absolute atomic E-state index is 0.166. The van der Waals surface area contributed by atoms with Gasteiger partial charge >= 0.3 is 5.97 Å². The third-order valence-corrected chi connectivity index (χ3v) is 3.55. The summed E-state index contributed by atoms with van der Waals surface area (Å²) in [6, 6.07) is 4.18. The second-order valence-corrected chi connectivity index (χ2v) is 5.04. The fourth-order valence-corrected chi connectivity index (χ4v) is 2.56. The molecule has 0 radical (unpaired) electrons. The van der Waals surface area contributed by atoms with E-state index in [0.717, 1.165) is 25.5 Å². The van der Waals surface area contributed by atoms with Crippen molar-refractivity contribution >= 4 is 5.97 Å². The zero-order chi connectivity index (χ0) is 14.5. The molecule has 0 aromatic heterocycles. The molecule has 3 nitrogen and oxygen atoms in total. The highest BCUT2D eigenvalue weighted by atomic mass is 19.2. The summed E-state index contributed by atoms with van der Waals surface area (Å²) in [4.78, 5) is 13.7. The number of halogens is 2. The zero-order valence-electron chi connectivity index (χ0n) is 11.6. The predicted octanol–water partition coefficient (Wildman–Crippen LogP) is 2.74. The van der Waals surface area contributed by atoms with Gasteiger partial charge in [0, 0.05) is 18.7 Å². The Morgan fingerprint density at radius 3 is 3.00 bits per heavy atom. The Kier molecular flexibility index (Phi) is 5.06. The molecule has 5 heteroatoms. The summed E-state index contributed by atoms with van der Waals surface area (Å²) < 4.78 is 31.8. The van der Waals surface area contributed by atoms with Crippen molar-refractivity contribution in [2.24, 2.45) is 5.92 Å². The highest BCUT2D eigenvalue weighted by Gasteiger charge is 2.27. The van der Waals surface area contributed by atoms with Gasteiger partial charge in [-0.1, -0.05) is 12.1 Å². The Morgan fingerprint density at radius 2 is 2.25 bits per heavy atom. The summed E-state index contributed by atoms with van der Waals surface area (Å²) in [5.74, 6) is -2.00. The number of carbonyl (C=O) groups excluding carboxylic acids is 1. The van der Waals surface area contributed by atoms with Crippen LogP contribution in [0.3, 0.4) is 0 Å². The van der Waals surface area contributed by atoms with E-state index in [1.54, 1.807) is 13.0 Å². The number of benzene rings is 1. The summed E-state index contributed by atoms with van der Waals surface area (Å²) in [5.41, 5.74) is 0.328. The molecular formula is C15H19F2NO2. The first-order chi connectivity index (χ1) is 9.61. The molecule has 0 aliphatic carbocycles. The first kappa shape index (κ1) is 14.9. The number of hydrogen-bond acceptors (Lipinski definition) is 3. The maximum absolute atomic E-state index is 13.6. The number of piperidine rings is 1. The van der Waals surface area contributed by atoms with Gasteiger partial charge < -0.3 is 4.74 Å². The lowest BCUT2D eigenvalue weighted by Crippen LogP contribution is -2.39. The number of esters is 1. The van der Waals surface area contributed by atoms with Gasteiger partial charge in [0.05, 0.1) is 12.5 Å². The molecule has 0 N–H and O–H groups in total. The Hall–Kier alpha value is -1.49. The monoisotopic (exact) mass is 283 g/mol. The Bertz CT molecular complexity index is 479. The molecule has 0 spiro atoms. The SMILES string of the molecule is CCOC(=O)C1CCCN(Cc2cccc(F)c2F)C1. The number of nitrogens with zero attached hydrogens (tertiary/aromatic N) is 1. The third-order valence-electron chi connectivity index (χ3n) is 3.55. The van der Waals surface area contributed by atoms with Crippen molar-refractivity contribution in [1.82, 2.24) is 4.90 Å². The van der Waals surface area contributed by atoms with Crippen LogP contribution in [0.1, 0.15) is 25.3 Å². The van der Waals surface area contributed by atoms with E-state index < -0.39 is 11.6 Å². The summed E-state index contributed by atoms with van der Waals surface area (Å²) >= 11 is 0. The minimum atomic E-state index is -0.832. The van der Waals surface area contributed by atoms with Crippen LogP contribution in [-0.2, 0) is 16.1 Å². The van der Waals surface area contributed by atoms with Crippen LogP contribution < -0.4 is 0 Å². The molecule has 0 saturated carbocycles. The van der Waals surface area contributed by atoms with Gasteiger partial charge in [0.1, 0.15) is 0 Å². The largest absolute Gasteiger partial charge is 0.466 e. The van der Waals surface area contributed by atoms with Crippen molar-refractivity contribution in [2.75, 3.05) is 19.7 Å². The number of hydrogen-bond donors (Lipinski definition) is 0. The molecule has 0 bridgehead atoms. The molecule has 1 aromatic rings. The standard InChI is InChI=1S/C15H19F2NO2/c1-2-20-15(19)12-6-4-8-18(10-12)9-11-5-3-7-13(16)14(11)17/h3,5,7,12H,2,4,6,8-10H2,1H3. The molecule has 1 aliphatic heterocycles. The topological polar surface area (TPSA) is 29.5 Å². The second kappa shape index (κ2) is 6.79. The Balaban J connectivity index is 1.99. The third kappa shape index (κ3) is 3.54. The van der Waals surface area contributed by atoms with Gasteiger partial charge in [0.25, 0.3) is 0 Å². The summed E-state index contributed by atoms with van der Waals surface area (Å²) in [6.07, 6.45) is 1.65. The lowest BCUT2D eigenvalue weighted by molar-refractivity contribution is -0.150. The smallest absolute Gasteiger partial charge is 0.310 e. The van der Waals surface area contributed by atoms with Crippen LogP contribution in [0.25, 0.3) is 0 Å². The molecule has 1 unspecified atom stereocenters. The number of ether oxygens (including phenoxy) is 1. The quantitative estimate of drug-likeness (QED) is 0.796. The number of likely N-dealkylation sites (tertiary alicyclic amines) is 1. The second-order valence-electron chi connectivity index (χ2n) is 5.04. The van der Waals surface area contributed by atoms with Crippen molar-refractivity contribution in [3.8, 4) is 0 Å². The van der Waals surface area contributed by atoms with Crippen LogP contribution >= 0.6 is 0 Å². The van der Waals surface area contributed by atoms with Crippen LogP contribution in [0.2, 0.25) is 0 Å². The van der Waals surface area contributed by atoms with Crippen molar-refractivity contribution in [3.05, 3.63) is 35.4 Å². The normalized spacial score (nSPS) is 19.9. The van der Waals surface area contributed by atoms with Gasteiger partial charge in [0.15, 0.2) is 11.6 Å². The molecule has 1 saturated heterocycles. The maximum atomic E-state index is 13.6. The van der Waals surface area contributed by atoms with Crippen molar-refractivity contribution in [2.45, 2.75) is 26.3 Å². The summed E-state index contributed by atoms with van der Waals surface area (Å²) in [7, 11) is 0. The van der Waals surface area contributed by atoms with E-state index >= 15 is 0 Å². The van der Waals surface area contributed by atoms with Crippen LogP contribution in [0.5, 0.6) is 0 Å². The van der Waals surface area contributed by atoms with Crippen LogP contribution in [0.4, 0.5) is 8.78 Å². The van der Waals surface area contributed by atoms with Crippen molar-refractivity contribution in [1.29, 1.82) is 0 Å². The maximum Gasteiger partial charge on any atom is 0.310 e. The van der Waals surface area contributed by atoms with Gasteiger partial charge in [-0.25, -0.2) is 8.78 Å². The van der Waals surface area contributed by atoms with E-state index in [1.807, 2.05) is 4.90 Å². The molecule has 2 rings (SSSR count). The first-order valence-electron chi connectivity index (χ1n) is 6.93. The highest BCUT2D eigenvalue weighted by Crippen LogP contribution is 2.21. The molecule has 20 heavy (non-hydrogen) atoms. The van der Waals surface area contributed by atoms with E-state index in [-0.39, 0.29) is 11.9 Å². The fourth-order valence-electron chi connectivity index (χ4n) is 2.56. The summed E-state index contributed by atoms with van der Waals surface area (Å²) in [6.45, 7) is 3.79. The minimum Gasteiger partial charge on any atom is -0.466 e. The first-order valence-corrected chi connectivity index (χ1v) is 6.93. The van der Waals surface area contributed by atoms with Gasteiger partial charge in [-0.05, 0) is 32.4 Å². The molecule has 1 aromatic carbocycles. The lowest BCUT2D eigenvalue weighted by Gasteiger charge is -2.31. The van der Waals surface area contributed by atoms with Crippen molar-refractivity contribution in [3.63, 3.8) is 0 Å². The van der Waals surface area contributed by atoms with E-state index in [0.29, 0.717) is 25.3 Å². The molecule has 1 aliphatic rings. The highest BCUT2D eigenvalue weighted by molar-refractivity contribution is 5.72. The van der Waals surface area contributed by atoms with Crippen LogP contribution in [0, 0.1) is 17.6 Å². The molecule has 1 atom stereocenters. The van der Waals surface area contributed by atoms with Crippen LogP contribution in [-0.4, -0.2) is 30.6 Å². The van der Waals surface area contributed by atoms with Gasteiger partial charge in [0.2, 0.25) is 0 Å². The zero-order valence-corrected chi connectivity index (χ0v) is 11.6. The van der Waals surface area contributed by atoms with Gasteiger partial charge in [-0.15, -0.1) is 0 Å². The van der Waals surface area contributed by atoms with E-state index in [1.165, 1.54) is 6.07 Å². The van der Waals surface area contributed by atoms with E-state index in [4.69, 9.17) is 4.74 Å². The fraction of sp³-hybridized carbons (Fsp3) is 0.533. The van der Waals surface area contributed by atoms with E-state index in [9.17, 15) is 13.6 Å².